The second kappa shape index (κ2) is 4.63. The van der Waals surface area contributed by atoms with E-state index < -0.39 is 0 Å². The molecule has 98 valence electrons. The summed E-state index contributed by atoms with van der Waals surface area (Å²) >= 11 is 1.72. The normalized spacial score (nSPS) is 10.9. The summed E-state index contributed by atoms with van der Waals surface area (Å²) in [4.78, 5) is 0. The summed E-state index contributed by atoms with van der Waals surface area (Å²) < 4.78 is 17.6. The van der Waals surface area contributed by atoms with E-state index in [0.29, 0.717) is 11.5 Å². The summed E-state index contributed by atoms with van der Waals surface area (Å²) in [6.07, 6.45) is 0. The van der Waals surface area contributed by atoms with Gasteiger partial charge in [-0.1, -0.05) is 6.07 Å². The van der Waals surface area contributed by atoms with Crippen LogP contribution in [0.15, 0.2) is 29.6 Å². The van der Waals surface area contributed by atoms with Gasteiger partial charge in [0, 0.05) is 15.5 Å². The second-order valence-electron chi connectivity index (χ2n) is 4.14. The lowest BCUT2D eigenvalue weighted by Gasteiger charge is -2.15. The molecule has 2 aromatic carbocycles. The number of methoxy groups -OCH3 is 3. The van der Waals surface area contributed by atoms with E-state index >= 15 is 0 Å². The molecule has 1 heterocycles. The standard InChI is InChI=1S/C15H14O3S/c1-16-11-8-9-4-5-12-10(6-7-19-12)13(9)15(18-3)14(11)17-2/h4-8H,1-3H3. The van der Waals surface area contributed by atoms with Crippen LogP contribution in [0.1, 0.15) is 0 Å². The van der Waals surface area contributed by atoms with Crippen LogP contribution in [0.5, 0.6) is 17.2 Å². The fourth-order valence-corrected chi connectivity index (χ4v) is 3.20. The number of thiophene rings is 1. The summed E-state index contributed by atoms with van der Waals surface area (Å²) in [6, 6.07) is 8.29. The first-order valence-electron chi connectivity index (χ1n) is 5.89. The van der Waals surface area contributed by atoms with Gasteiger partial charge in [-0.25, -0.2) is 0 Å². The summed E-state index contributed by atoms with van der Waals surface area (Å²) in [6.45, 7) is 0. The Labute approximate surface area is 115 Å². The van der Waals surface area contributed by atoms with Crippen LogP contribution in [0.25, 0.3) is 20.9 Å². The van der Waals surface area contributed by atoms with Gasteiger partial charge in [0.25, 0.3) is 0 Å². The van der Waals surface area contributed by atoms with Crippen molar-refractivity contribution in [3.63, 3.8) is 0 Å². The maximum atomic E-state index is 5.57. The maximum Gasteiger partial charge on any atom is 0.203 e. The van der Waals surface area contributed by atoms with E-state index in [1.807, 2.05) is 6.07 Å². The topological polar surface area (TPSA) is 27.7 Å². The quantitative estimate of drug-likeness (QED) is 0.720. The molecule has 0 radical (unpaired) electrons. The van der Waals surface area contributed by atoms with E-state index in [1.54, 1.807) is 32.7 Å². The molecule has 19 heavy (non-hydrogen) atoms. The van der Waals surface area contributed by atoms with Gasteiger partial charge in [-0.15, -0.1) is 11.3 Å². The molecule has 3 rings (SSSR count). The Kier molecular flexibility index (Phi) is 2.95. The lowest BCUT2D eigenvalue weighted by Crippen LogP contribution is -1.96. The average molecular weight is 274 g/mol. The van der Waals surface area contributed by atoms with E-state index in [-0.39, 0.29) is 0 Å². The van der Waals surface area contributed by atoms with Crippen LogP contribution >= 0.6 is 11.3 Å². The molecule has 0 spiro atoms. The molecular formula is C15H14O3S. The van der Waals surface area contributed by atoms with Gasteiger partial charge in [0.15, 0.2) is 11.5 Å². The zero-order chi connectivity index (χ0) is 13.4. The summed E-state index contributed by atoms with van der Waals surface area (Å²) in [5.41, 5.74) is 0. The first kappa shape index (κ1) is 12.1. The van der Waals surface area contributed by atoms with Crippen molar-refractivity contribution in [2.45, 2.75) is 0 Å². The van der Waals surface area contributed by atoms with E-state index in [9.17, 15) is 0 Å². The Morgan fingerprint density at radius 1 is 0.895 bits per heavy atom. The molecule has 0 aliphatic carbocycles. The van der Waals surface area contributed by atoms with Crippen LogP contribution in [-0.4, -0.2) is 21.3 Å². The van der Waals surface area contributed by atoms with Crippen molar-refractivity contribution in [2.75, 3.05) is 21.3 Å². The molecule has 0 unspecified atom stereocenters. The zero-order valence-electron chi connectivity index (χ0n) is 11.0. The molecule has 0 amide bonds. The Balaban J connectivity index is 2.52. The van der Waals surface area contributed by atoms with E-state index in [2.05, 4.69) is 23.6 Å². The molecule has 0 atom stereocenters. The Bertz CT molecular complexity index is 746. The first-order chi connectivity index (χ1) is 9.30. The molecule has 3 nitrogen and oxygen atoms in total. The molecule has 4 heteroatoms. The Morgan fingerprint density at radius 3 is 2.37 bits per heavy atom. The van der Waals surface area contributed by atoms with E-state index in [4.69, 9.17) is 14.2 Å². The fraction of sp³-hybridized carbons (Fsp3) is 0.200. The molecule has 3 aromatic rings. The molecule has 0 saturated carbocycles. The molecule has 0 aliphatic heterocycles. The van der Waals surface area contributed by atoms with Gasteiger partial charge < -0.3 is 14.2 Å². The highest BCUT2D eigenvalue weighted by Crippen LogP contribution is 2.46. The van der Waals surface area contributed by atoms with Crippen LogP contribution in [0.2, 0.25) is 0 Å². The lowest BCUT2D eigenvalue weighted by molar-refractivity contribution is 0.327. The van der Waals surface area contributed by atoms with Crippen molar-refractivity contribution in [2.24, 2.45) is 0 Å². The second-order valence-corrected chi connectivity index (χ2v) is 5.09. The minimum absolute atomic E-state index is 0.635. The van der Waals surface area contributed by atoms with Crippen LogP contribution in [0.3, 0.4) is 0 Å². The number of hydrogen-bond donors (Lipinski definition) is 0. The zero-order valence-corrected chi connectivity index (χ0v) is 11.8. The number of ether oxygens (including phenoxy) is 3. The smallest absolute Gasteiger partial charge is 0.203 e. The average Bonchev–Trinajstić information content (AvgIpc) is 2.93. The number of fused-ring (bicyclic) bond motifs is 3. The first-order valence-corrected chi connectivity index (χ1v) is 6.77. The predicted molar refractivity (Wildman–Crippen MR) is 79.0 cm³/mol. The monoisotopic (exact) mass is 274 g/mol. The SMILES string of the molecule is COc1cc2ccc3sccc3c2c(OC)c1OC. The highest BCUT2D eigenvalue weighted by atomic mass is 32.1. The third-order valence-electron chi connectivity index (χ3n) is 3.24. The largest absolute Gasteiger partial charge is 0.493 e. The maximum absolute atomic E-state index is 5.57. The van der Waals surface area contributed by atoms with Crippen molar-refractivity contribution >= 4 is 32.2 Å². The van der Waals surface area contributed by atoms with Gasteiger partial charge in [0.05, 0.1) is 21.3 Å². The predicted octanol–water partition coefficient (Wildman–Crippen LogP) is 4.08. The molecule has 0 N–H and O–H groups in total. The van der Waals surface area contributed by atoms with Gasteiger partial charge in [-0.3, -0.25) is 0 Å². The highest BCUT2D eigenvalue weighted by molar-refractivity contribution is 7.17. The van der Waals surface area contributed by atoms with E-state index in [1.165, 1.54) is 10.1 Å². The summed E-state index contributed by atoms with van der Waals surface area (Å²) in [5, 5.41) is 5.42. The molecular weight excluding hydrogens is 260 g/mol. The highest BCUT2D eigenvalue weighted by Gasteiger charge is 2.17. The van der Waals surface area contributed by atoms with Crippen molar-refractivity contribution in [1.82, 2.24) is 0 Å². The van der Waals surface area contributed by atoms with Crippen molar-refractivity contribution in [1.29, 1.82) is 0 Å². The van der Waals surface area contributed by atoms with Crippen molar-refractivity contribution in [3.8, 4) is 17.2 Å². The third kappa shape index (κ3) is 1.71. The third-order valence-corrected chi connectivity index (χ3v) is 4.12. The Morgan fingerprint density at radius 2 is 1.68 bits per heavy atom. The minimum atomic E-state index is 0.635. The van der Waals surface area contributed by atoms with Gasteiger partial charge in [0.1, 0.15) is 0 Å². The van der Waals surface area contributed by atoms with Crippen molar-refractivity contribution in [3.05, 3.63) is 29.6 Å². The van der Waals surface area contributed by atoms with Gasteiger partial charge in [-0.2, -0.15) is 0 Å². The molecule has 0 bridgehead atoms. The number of hydrogen-bond acceptors (Lipinski definition) is 4. The van der Waals surface area contributed by atoms with Gasteiger partial charge >= 0.3 is 0 Å². The van der Waals surface area contributed by atoms with Gasteiger partial charge in [0.2, 0.25) is 5.75 Å². The van der Waals surface area contributed by atoms with Crippen LogP contribution in [0, 0.1) is 0 Å². The van der Waals surface area contributed by atoms with Crippen molar-refractivity contribution < 1.29 is 14.2 Å². The van der Waals surface area contributed by atoms with Crippen LogP contribution < -0.4 is 14.2 Å². The van der Waals surface area contributed by atoms with Crippen LogP contribution in [-0.2, 0) is 0 Å². The number of benzene rings is 2. The fourth-order valence-electron chi connectivity index (χ4n) is 2.41. The van der Waals surface area contributed by atoms with E-state index in [0.717, 1.165) is 16.5 Å². The molecule has 1 aromatic heterocycles. The molecule has 0 saturated heterocycles. The van der Waals surface area contributed by atoms with Crippen LogP contribution in [0.4, 0.5) is 0 Å². The molecule has 0 fully saturated rings. The lowest BCUT2D eigenvalue weighted by atomic mass is 10.0. The minimum Gasteiger partial charge on any atom is -0.493 e. The van der Waals surface area contributed by atoms with Gasteiger partial charge in [-0.05, 0) is 29.0 Å². The Hall–Kier alpha value is -1.94. The summed E-state index contributed by atoms with van der Waals surface area (Å²) in [7, 11) is 4.91. The number of rotatable bonds is 3. The summed E-state index contributed by atoms with van der Waals surface area (Å²) in [5.74, 6) is 2.04. The molecule has 0 aliphatic rings.